The summed E-state index contributed by atoms with van der Waals surface area (Å²) in [4.78, 5) is 3.25. The molecule has 2 saturated carbocycles. The number of fused-ring (bicyclic) bond motifs is 6. The van der Waals surface area contributed by atoms with Crippen LogP contribution in [0.1, 0.15) is 57.1 Å². The van der Waals surface area contributed by atoms with Gasteiger partial charge in [-0.15, -0.1) is 11.3 Å². The molecule has 2 heterocycles. The van der Waals surface area contributed by atoms with E-state index in [2.05, 4.69) is 152 Å². The predicted octanol–water partition coefficient (Wildman–Crippen LogP) is 14.3. The van der Waals surface area contributed by atoms with Crippen molar-refractivity contribution in [2.45, 2.75) is 61.2 Å². The standard InChI is InChI=1S/C52H45NO2S2/c1-3-34-28-38-26-33(2)27-39(29-34)52(38)46-19-7-9-21-49(46)57(54,55)50-32-42(24-25-47(50)52)53(41-23-22-35-12-4-5-13-36(35)30-41)40-15-10-14-37(31-40)43-17-11-18-45-44-16-6-8-20-48(44)56-51(43)45/h4-25,30-34,38-39H,3,26-29H2,1-2H3/t33?,34?,38-,39-,52?/m0/s1. The van der Waals surface area contributed by atoms with Crippen LogP contribution in [-0.2, 0) is 15.3 Å². The summed E-state index contributed by atoms with van der Waals surface area (Å²) in [5.74, 6) is 2.11. The summed E-state index contributed by atoms with van der Waals surface area (Å²) in [6.07, 6.45) is 5.74. The Morgan fingerprint density at radius 1 is 0.614 bits per heavy atom. The molecule has 0 unspecified atom stereocenters. The Labute approximate surface area is 339 Å². The van der Waals surface area contributed by atoms with Gasteiger partial charge in [0.1, 0.15) is 0 Å². The van der Waals surface area contributed by atoms with Crippen LogP contribution in [-0.4, -0.2) is 8.42 Å². The van der Waals surface area contributed by atoms with Gasteiger partial charge < -0.3 is 4.90 Å². The van der Waals surface area contributed by atoms with Gasteiger partial charge >= 0.3 is 0 Å². The molecule has 3 nitrogen and oxygen atoms in total. The summed E-state index contributed by atoms with van der Waals surface area (Å²) in [6.45, 7) is 4.74. The van der Waals surface area contributed by atoms with Crippen molar-refractivity contribution in [1.82, 2.24) is 0 Å². The summed E-state index contributed by atoms with van der Waals surface area (Å²) < 4.78 is 32.7. The second kappa shape index (κ2) is 13.2. The normalized spacial score (nSPS) is 23.4. The van der Waals surface area contributed by atoms with Crippen LogP contribution in [0.3, 0.4) is 0 Å². The molecule has 0 radical (unpaired) electrons. The predicted molar refractivity (Wildman–Crippen MR) is 238 cm³/mol. The molecule has 0 amide bonds. The van der Waals surface area contributed by atoms with Crippen molar-refractivity contribution in [3.63, 3.8) is 0 Å². The molecular formula is C52H45NO2S2. The Bertz CT molecular complexity index is 2980. The molecule has 2 aliphatic carbocycles. The minimum absolute atomic E-state index is 0.315. The van der Waals surface area contributed by atoms with Crippen LogP contribution in [0.15, 0.2) is 161 Å². The third-order valence-electron chi connectivity index (χ3n) is 13.9. The first-order valence-corrected chi connectivity index (χ1v) is 22.9. The van der Waals surface area contributed by atoms with Crippen LogP contribution in [0.4, 0.5) is 17.1 Å². The molecule has 5 heteroatoms. The average Bonchev–Trinajstić information content (AvgIpc) is 3.62. The molecule has 1 aliphatic heterocycles. The quantitative estimate of drug-likeness (QED) is 0.175. The maximum Gasteiger partial charge on any atom is 0.207 e. The van der Waals surface area contributed by atoms with E-state index in [0.717, 1.165) is 64.8 Å². The molecule has 8 aromatic rings. The lowest BCUT2D eigenvalue weighted by molar-refractivity contribution is 0.0173. The minimum atomic E-state index is -3.81. The summed E-state index contributed by atoms with van der Waals surface area (Å²) in [5.41, 5.74) is 6.89. The highest BCUT2D eigenvalue weighted by atomic mass is 32.2. The van der Waals surface area contributed by atoms with Crippen molar-refractivity contribution in [3.05, 3.63) is 163 Å². The molecule has 7 aromatic carbocycles. The van der Waals surface area contributed by atoms with E-state index in [9.17, 15) is 0 Å². The highest BCUT2D eigenvalue weighted by molar-refractivity contribution is 7.91. The summed E-state index contributed by atoms with van der Waals surface area (Å²) >= 11 is 1.84. The number of nitrogens with zero attached hydrogens (tertiary/aromatic N) is 1. The Morgan fingerprint density at radius 2 is 1.28 bits per heavy atom. The highest BCUT2D eigenvalue weighted by Crippen LogP contribution is 2.65. The molecule has 11 rings (SSSR count). The zero-order valence-electron chi connectivity index (χ0n) is 32.4. The van der Waals surface area contributed by atoms with Gasteiger partial charge in [0.2, 0.25) is 9.84 Å². The second-order valence-corrected chi connectivity index (χ2v) is 19.9. The van der Waals surface area contributed by atoms with E-state index >= 15 is 8.42 Å². The van der Waals surface area contributed by atoms with Gasteiger partial charge in [-0.05, 0) is 131 Å². The molecule has 2 fully saturated rings. The zero-order valence-corrected chi connectivity index (χ0v) is 34.0. The Hall–Kier alpha value is -5.23. The van der Waals surface area contributed by atoms with Gasteiger partial charge in [-0.3, -0.25) is 0 Å². The van der Waals surface area contributed by atoms with Crippen LogP contribution in [0, 0.1) is 23.7 Å². The average molecular weight is 780 g/mol. The van der Waals surface area contributed by atoms with Crippen molar-refractivity contribution < 1.29 is 8.42 Å². The van der Waals surface area contributed by atoms with Gasteiger partial charge in [0, 0.05) is 42.6 Å². The van der Waals surface area contributed by atoms with Gasteiger partial charge in [0.15, 0.2) is 0 Å². The van der Waals surface area contributed by atoms with E-state index in [1.807, 2.05) is 29.5 Å². The number of hydrogen-bond acceptors (Lipinski definition) is 4. The SMILES string of the molecule is CCC1C[C@@H]2CC(C)C[C@@H](C1)C21c2ccccc2S(=O)(=O)c2cc(N(c3cccc(-c4cccc5c4sc4ccccc45)c3)c3ccc4ccccc4c3)ccc21. The number of benzene rings is 7. The fraction of sp³-hybridized carbons (Fsp3) is 0.231. The van der Waals surface area contributed by atoms with E-state index in [4.69, 9.17) is 0 Å². The van der Waals surface area contributed by atoms with Gasteiger partial charge in [0.25, 0.3) is 0 Å². The number of thiophene rings is 1. The fourth-order valence-electron chi connectivity index (χ4n) is 11.5. The first-order chi connectivity index (χ1) is 27.8. The molecule has 0 N–H and O–H groups in total. The smallest absolute Gasteiger partial charge is 0.207 e. The summed E-state index contributed by atoms with van der Waals surface area (Å²) in [7, 11) is -3.81. The molecule has 2 bridgehead atoms. The zero-order chi connectivity index (χ0) is 38.5. The Kier molecular flexibility index (Phi) is 8.07. The monoisotopic (exact) mass is 779 g/mol. The van der Waals surface area contributed by atoms with Crippen molar-refractivity contribution in [1.29, 1.82) is 0 Å². The second-order valence-electron chi connectivity index (χ2n) is 17.0. The minimum Gasteiger partial charge on any atom is -0.310 e. The number of anilines is 3. The van der Waals surface area contributed by atoms with E-state index in [0.29, 0.717) is 33.5 Å². The molecule has 0 saturated heterocycles. The first kappa shape index (κ1) is 35.0. The van der Waals surface area contributed by atoms with Crippen LogP contribution in [0.5, 0.6) is 0 Å². The first-order valence-electron chi connectivity index (χ1n) is 20.6. The number of rotatable bonds is 5. The van der Waals surface area contributed by atoms with E-state index in [1.54, 1.807) is 0 Å². The summed E-state index contributed by atoms with van der Waals surface area (Å²) in [6, 6.07) is 53.5. The van der Waals surface area contributed by atoms with Crippen molar-refractivity contribution in [2.75, 3.05) is 4.90 Å². The van der Waals surface area contributed by atoms with E-state index in [1.165, 1.54) is 37.5 Å². The number of sulfone groups is 1. The maximum absolute atomic E-state index is 15.1. The maximum atomic E-state index is 15.1. The lowest BCUT2D eigenvalue weighted by Crippen LogP contribution is -2.54. The molecule has 282 valence electrons. The molecular weight excluding hydrogens is 735 g/mol. The van der Waals surface area contributed by atoms with Gasteiger partial charge in [0.05, 0.1) is 9.79 Å². The van der Waals surface area contributed by atoms with Crippen LogP contribution in [0.2, 0.25) is 0 Å². The molecule has 57 heavy (non-hydrogen) atoms. The Balaban J connectivity index is 1.13. The molecule has 3 aliphatic rings. The van der Waals surface area contributed by atoms with Gasteiger partial charge in [-0.25, -0.2) is 8.42 Å². The topological polar surface area (TPSA) is 37.4 Å². The lowest BCUT2D eigenvalue weighted by Gasteiger charge is -2.59. The Morgan fingerprint density at radius 3 is 2.12 bits per heavy atom. The molecule has 2 atom stereocenters. The van der Waals surface area contributed by atoms with Crippen LogP contribution in [0.25, 0.3) is 42.1 Å². The largest absolute Gasteiger partial charge is 0.310 e. The molecule has 1 spiro atoms. The molecule has 1 aromatic heterocycles. The van der Waals surface area contributed by atoms with Gasteiger partial charge in [-0.1, -0.05) is 123 Å². The van der Waals surface area contributed by atoms with Crippen LogP contribution < -0.4 is 4.90 Å². The fourth-order valence-corrected chi connectivity index (χ4v) is 14.6. The van der Waals surface area contributed by atoms with Crippen molar-refractivity contribution in [2.24, 2.45) is 23.7 Å². The third-order valence-corrected chi connectivity index (χ3v) is 16.9. The van der Waals surface area contributed by atoms with Crippen molar-refractivity contribution in [3.8, 4) is 11.1 Å². The van der Waals surface area contributed by atoms with Crippen molar-refractivity contribution >= 4 is 69.2 Å². The van der Waals surface area contributed by atoms with Crippen LogP contribution >= 0.6 is 11.3 Å². The highest BCUT2D eigenvalue weighted by Gasteiger charge is 2.59. The van der Waals surface area contributed by atoms with E-state index in [-0.39, 0.29) is 5.41 Å². The summed E-state index contributed by atoms with van der Waals surface area (Å²) in [5, 5.41) is 4.86. The number of hydrogen-bond donors (Lipinski definition) is 0. The third kappa shape index (κ3) is 5.24. The lowest BCUT2D eigenvalue weighted by atomic mass is 9.46. The van der Waals surface area contributed by atoms with E-state index < -0.39 is 9.84 Å². The van der Waals surface area contributed by atoms with Gasteiger partial charge in [-0.2, -0.15) is 0 Å².